The van der Waals surface area contributed by atoms with Crippen LogP contribution in [0.25, 0.3) is 0 Å². The van der Waals surface area contributed by atoms with Gasteiger partial charge in [0.2, 0.25) is 0 Å². The summed E-state index contributed by atoms with van der Waals surface area (Å²) < 4.78 is 0. The monoisotopic (exact) mass is 272 g/mol. The number of nitro benzene ring substituents is 1. The van der Waals surface area contributed by atoms with Crippen LogP contribution in [0.4, 0.5) is 17.1 Å². The Bertz CT molecular complexity index is 683. The van der Waals surface area contributed by atoms with Crippen LogP contribution in [0.5, 0.6) is 0 Å². The summed E-state index contributed by atoms with van der Waals surface area (Å²) in [6.07, 6.45) is 0. The number of aryl methyl sites for hydroxylation is 1. The van der Waals surface area contributed by atoms with Crippen molar-refractivity contribution in [2.45, 2.75) is 6.92 Å². The SMILES string of the molecule is Cc1cc(Nc2cccc([N+](=O)[O-])c2)ccc1C(=O)O. The van der Waals surface area contributed by atoms with E-state index in [9.17, 15) is 14.9 Å². The van der Waals surface area contributed by atoms with Crippen molar-refractivity contribution in [3.63, 3.8) is 0 Å². The summed E-state index contributed by atoms with van der Waals surface area (Å²) in [5.74, 6) is -0.982. The molecule has 0 radical (unpaired) electrons. The molecule has 0 heterocycles. The van der Waals surface area contributed by atoms with Crippen molar-refractivity contribution >= 4 is 23.0 Å². The highest BCUT2D eigenvalue weighted by Crippen LogP contribution is 2.23. The van der Waals surface area contributed by atoms with Crippen LogP contribution in [-0.4, -0.2) is 16.0 Å². The molecule has 102 valence electrons. The van der Waals surface area contributed by atoms with Gasteiger partial charge in [0, 0.05) is 23.5 Å². The van der Waals surface area contributed by atoms with Crippen LogP contribution in [0.15, 0.2) is 42.5 Å². The number of hydrogen-bond donors (Lipinski definition) is 2. The number of carboxylic acid groups (broad SMARTS) is 1. The molecule has 20 heavy (non-hydrogen) atoms. The molecule has 0 aliphatic heterocycles. The molecule has 0 aromatic heterocycles. The van der Waals surface area contributed by atoms with Crippen LogP contribution in [0, 0.1) is 17.0 Å². The van der Waals surface area contributed by atoms with E-state index in [1.165, 1.54) is 18.2 Å². The summed E-state index contributed by atoms with van der Waals surface area (Å²) in [5.41, 5.74) is 2.09. The average molecular weight is 272 g/mol. The lowest BCUT2D eigenvalue weighted by Crippen LogP contribution is -2.00. The van der Waals surface area contributed by atoms with E-state index in [0.717, 1.165) is 0 Å². The van der Waals surface area contributed by atoms with Crippen molar-refractivity contribution in [2.24, 2.45) is 0 Å². The Morgan fingerprint density at radius 1 is 1.20 bits per heavy atom. The zero-order chi connectivity index (χ0) is 14.7. The molecule has 2 rings (SSSR count). The molecule has 6 nitrogen and oxygen atoms in total. The highest BCUT2D eigenvalue weighted by Gasteiger charge is 2.09. The molecule has 0 aliphatic rings. The minimum absolute atomic E-state index is 0.00567. The number of carboxylic acids is 1. The summed E-state index contributed by atoms with van der Waals surface area (Å²) in [6, 6.07) is 10.9. The molecule has 0 fully saturated rings. The number of carbonyl (C=O) groups is 1. The fourth-order valence-electron chi connectivity index (χ4n) is 1.85. The molecule has 2 N–H and O–H groups in total. The maximum atomic E-state index is 10.9. The Morgan fingerprint density at radius 3 is 2.50 bits per heavy atom. The number of benzene rings is 2. The van der Waals surface area contributed by atoms with Crippen LogP contribution in [-0.2, 0) is 0 Å². The smallest absolute Gasteiger partial charge is 0.335 e. The van der Waals surface area contributed by atoms with Gasteiger partial charge in [0.15, 0.2) is 0 Å². The van der Waals surface area contributed by atoms with Gasteiger partial charge in [-0.25, -0.2) is 4.79 Å². The predicted molar refractivity (Wildman–Crippen MR) is 74.5 cm³/mol. The fourth-order valence-corrected chi connectivity index (χ4v) is 1.85. The minimum atomic E-state index is -0.982. The van der Waals surface area contributed by atoms with E-state index in [1.54, 1.807) is 31.2 Å². The Labute approximate surface area is 114 Å². The summed E-state index contributed by atoms with van der Waals surface area (Å²) in [7, 11) is 0. The number of anilines is 2. The summed E-state index contributed by atoms with van der Waals surface area (Å²) >= 11 is 0. The molecule has 0 amide bonds. The molecule has 0 bridgehead atoms. The van der Waals surface area contributed by atoms with Crippen molar-refractivity contribution in [1.82, 2.24) is 0 Å². The zero-order valence-corrected chi connectivity index (χ0v) is 10.7. The third-order valence-corrected chi connectivity index (χ3v) is 2.80. The lowest BCUT2D eigenvalue weighted by atomic mass is 10.1. The maximum absolute atomic E-state index is 10.9. The second-order valence-electron chi connectivity index (χ2n) is 4.27. The molecule has 0 saturated heterocycles. The first-order valence-electron chi connectivity index (χ1n) is 5.83. The minimum Gasteiger partial charge on any atom is -0.478 e. The maximum Gasteiger partial charge on any atom is 0.335 e. The van der Waals surface area contributed by atoms with Gasteiger partial charge >= 0.3 is 5.97 Å². The number of aromatic carboxylic acids is 1. The highest BCUT2D eigenvalue weighted by atomic mass is 16.6. The largest absolute Gasteiger partial charge is 0.478 e. The molecule has 0 unspecified atom stereocenters. The number of nitro groups is 1. The van der Waals surface area contributed by atoms with E-state index in [4.69, 9.17) is 5.11 Å². The first-order chi connectivity index (χ1) is 9.47. The summed E-state index contributed by atoms with van der Waals surface area (Å²) in [6.45, 7) is 1.70. The average Bonchev–Trinajstić information content (AvgIpc) is 2.38. The molecular weight excluding hydrogens is 260 g/mol. The predicted octanol–water partition coefficient (Wildman–Crippen LogP) is 3.35. The Kier molecular flexibility index (Phi) is 3.65. The standard InChI is InChI=1S/C14H12N2O4/c1-9-7-11(5-6-13(9)14(17)18)15-10-3-2-4-12(8-10)16(19)20/h2-8,15H,1H3,(H,17,18). The van der Waals surface area contributed by atoms with Crippen molar-refractivity contribution in [3.05, 3.63) is 63.7 Å². The molecule has 0 aliphatic carbocycles. The Balaban J connectivity index is 2.26. The van der Waals surface area contributed by atoms with Crippen LogP contribution in [0.2, 0.25) is 0 Å². The number of rotatable bonds is 4. The lowest BCUT2D eigenvalue weighted by Gasteiger charge is -2.08. The van der Waals surface area contributed by atoms with Gasteiger partial charge in [-0.05, 0) is 36.8 Å². The van der Waals surface area contributed by atoms with Crippen LogP contribution in [0.3, 0.4) is 0 Å². The van der Waals surface area contributed by atoms with Gasteiger partial charge in [-0.3, -0.25) is 10.1 Å². The van der Waals surface area contributed by atoms with E-state index >= 15 is 0 Å². The van der Waals surface area contributed by atoms with Crippen LogP contribution < -0.4 is 5.32 Å². The molecule has 0 saturated carbocycles. The van der Waals surface area contributed by atoms with E-state index in [0.29, 0.717) is 16.9 Å². The quantitative estimate of drug-likeness (QED) is 0.657. The summed E-state index contributed by atoms with van der Waals surface area (Å²) in [4.78, 5) is 21.1. The second kappa shape index (κ2) is 5.40. The lowest BCUT2D eigenvalue weighted by molar-refractivity contribution is -0.384. The van der Waals surface area contributed by atoms with Gasteiger partial charge < -0.3 is 10.4 Å². The van der Waals surface area contributed by atoms with Crippen LogP contribution >= 0.6 is 0 Å². The molecule has 0 spiro atoms. The third-order valence-electron chi connectivity index (χ3n) is 2.80. The third kappa shape index (κ3) is 2.92. The van der Waals surface area contributed by atoms with Gasteiger partial charge in [-0.2, -0.15) is 0 Å². The van der Waals surface area contributed by atoms with Gasteiger partial charge in [-0.1, -0.05) is 6.07 Å². The van der Waals surface area contributed by atoms with Gasteiger partial charge in [0.25, 0.3) is 5.69 Å². The fraction of sp³-hybridized carbons (Fsp3) is 0.0714. The topological polar surface area (TPSA) is 92.5 Å². The first-order valence-corrected chi connectivity index (χ1v) is 5.83. The second-order valence-corrected chi connectivity index (χ2v) is 4.27. The molecule has 0 atom stereocenters. The molecular formula is C14H12N2O4. The van der Waals surface area contributed by atoms with Gasteiger partial charge in [-0.15, -0.1) is 0 Å². The van der Waals surface area contributed by atoms with E-state index < -0.39 is 10.9 Å². The summed E-state index contributed by atoms with van der Waals surface area (Å²) in [5, 5.41) is 22.6. The molecule has 6 heteroatoms. The van der Waals surface area contributed by atoms with Crippen molar-refractivity contribution < 1.29 is 14.8 Å². The Hall–Kier alpha value is -2.89. The van der Waals surface area contributed by atoms with Crippen LogP contribution in [0.1, 0.15) is 15.9 Å². The number of nitrogens with one attached hydrogen (secondary N) is 1. The van der Waals surface area contributed by atoms with E-state index in [1.807, 2.05) is 0 Å². The van der Waals surface area contributed by atoms with Crippen molar-refractivity contribution in [3.8, 4) is 0 Å². The van der Waals surface area contributed by atoms with Gasteiger partial charge in [0.05, 0.1) is 10.5 Å². The number of nitrogens with zero attached hydrogens (tertiary/aromatic N) is 1. The van der Waals surface area contributed by atoms with E-state index in [2.05, 4.69) is 5.32 Å². The van der Waals surface area contributed by atoms with Crippen molar-refractivity contribution in [2.75, 3.05) is 5.32 Å². The first kappa shape index (κ1) is 13.5. The number of non-ortho nitro benzene ring substituents is 1. The Morgan fingerprint density at radius 2 is 1.90 bits per heavy atom. The number of hydrogen-bond acceptors (Lipinski definition) is 4. The molecule has 2 aromatic rings. The molecule has 2 aromatic carbocycles. The normalized spacial score (nSPS) is 10.1. The zero-order valence-electron chi connectivity index (χ0n) is 10.7. The van der Waals surface area contributed by atoms with Crippen molar-refractivity contribution in [1.29, 1.82) is 0 Å². The van der Waals surface area contributed by atoms with E-state index in [-0.39, 0.29) is 11.3 Å². The highest BCUT2D eigenvalue weighted by molar-refractivity contribution is 5.90. The van der Waals surface area contributed by atoms with Gasteiger partial charge in [0.1, 0.15) is 0 Å².